The fourth-order valence-electron chi connectivity index (χ4n) is 3.26. The lowest BCUT2D eigenvalue weighted by Crippen LogP contribution is -2.46. The van der Waals surface area contributed by atoms with E-state index in [0.29, 0.717) is 17.9 Å². The van der Waals surface area contributed by atoms with Crippen LogP contribution >= 0.6 is 0 Å². The Morgan fingerprint density at radius 3 is 2.29 bits per heavy atom. The van der Waals surface area contributed by atoms with Crippen molar-refractivity contribution in [3.05, 3.63) is 0 Å². The Bertz CT molecular complexity index is 315. The van der Waals surface area contributed by atoms with E-state index in [1.807, 2.05) is 0 Å². The van der Waals surface area contributed by atoms with Crippen LogP contribution in [0.5, 0.6) is 0 Å². The first-order valence-electron chi connectivity index (χ1n) is 8.76. The molecule has 1 rings (SSSR count). The van der Waals surface area contributed by atoms with Gasteiger partial charge in [0.25, 0.3) is 0 Å². The highest BCUT2D eigenvalue weighted by atomic mass is 16.2. The van der Waals surface area contributed by atoms with E-state index in [4.69, 9.17) is 0 Å². The van der Waals surface area contributed by atoms with Crippen LogP contribution in [0.4, 0.5) is 0 Å². The molecule has 0 aromatic rings. The minimum atomic E-state index is 0.0163. The third-order valence-corrected chi connectivity index (χ3v) is 4.73. The first-order valence-corrected chi connectivity index (χ1v) is 8.76. The minimum Gasteiger partial charge on any atom is -0.323 e. The number of nitrogens with one attached hydrogen (secondary N) is 1. The van der Waals surface area contributed by atoms with Crippen molar-refractivity contribution in [2.24, 2.45) is 5.92 Å². The number of hydrogen-bond acceptors (Lipinski definition) is 3. The molecule has 0 saturated carbocycles. The number of carbonyl (C=O) groups excluding carboxylic acids is 1. The Labute approximate surface area is 131 Å². The van der Waals surface area contributed by atoms with Gasteiger partial charge in [0.15, 0.2) is 0 Å². The smallest absolute Gasteiger partial charge is 0.241 e. The van der Waals surface area contributed by atoms with E-state index in [1.54, 1.807) is 0 Å². The number of rotatable bonds is 9. The minimum absolute atomic E-state index is 0.0163. The van der Waals surface area contributed by atoms with E-state index < -0.39 is 0 Å². The first-order chi connectivity index (χ1) is 9.96. The van der Waals surface area contributed by atoms with Gasteiger partial charge in [0.1, 0.15) is 0 Å². The average Bonchev–Trinajstić information content (AvgIpc) is 2.80. The predicted octanol–water partition coefficient (Wildman–Crippen LogP) is 2.69. The molecule has 1 aliphatic rings. The monoisotopic (exact) mass is 297 g/mol. The molecule has 0 radical (unpaired) electrons. The number of carbonyl (C=O) groups is 1. The van der Waals surface area contributed by atoms with Crippen molar-refractivity contribution < 1.29 is 4.79 Å². The van der Waals surface area contributed by atoms with Gasteiger partial charge < -0.3 is 9.80 Å². The molecule has 0 bridgehead atoms. The van der Waals surface area contributed by atoms with Crippen molar-refractivity contribution in [2.75, 3.05) is 19.6 Å². The summed E-state index contributed by atoms with van der Waals surface area (Å²) in [5.41, 5.74) is 0. The summed E-state index contributed by atoms with van der Waals surface area (Å²) in [6.07, 6.45) is 3.33. The van der Waals surface area contributed by atoms with Gasteiger partial charge in [-0.3, -0.25) is 10.1 Å². The number of amides is 1. The van der Waals surface area contributed by atoms with Gasteiger partial charge in [-0.2, -0.15) is 0 Å². The summed E-state index contributed by atoms with van der Waals surface area (Å²) < 4.78 is 0. The van der Waals surface area contributed by atoms with E-state index in [1.165, 1.54) is 0 Å². The van der Waals surface area contributed by atoms with Gasteiger partial charge in [-0.15, -0.1) is 0 Å². The fourth-order valence-corrected chi connectivity index (χ4v) is 3.26. The Kier molecular flexibility index (Phi) is 7.67. The second-order valence-corrected chi connectivity index (χ2v) is 6.58. The molecular weight excluding hydrogens is 262 g/mol. The van der Waals surface area contributed by atoms with Crippen molar-refractivity contribution in [2.45, 2.75) is 79.1 Å². The second-order valence-electron chi connectivity index (χ2n) is 6.58. The van der Waals surface area contributed by atoms with Crippen LogP contribution in [0.25, 0.3) is 0 Å². The molecule has 4 nitrogen and oxygen atoms in total. The molecular formula is C17H35N3O. The quantitative estimate of drug-likeness (QED) is 0.711. The number of hydrogen-bond donors (Lipinski definition) is 1. The summed E-state index contributed by atoms with van der Waals surface area (Å²) in [6, 6.07) is 0.340. The lowest BCUT2D eigenvalue weighted by molar-refractivity contribution is -0.132. The Morgan fingerprint density at radius 1 is 1.19 bits per heavy atom. The van der Waals surface area contributed by atoms with Gasteiger partial charge in [-0.05, 0) is 51.7 Å². The van der Waals surface area contributed by atoms with Gasteiger partial charge in [-0.1, -0.05) is 34.6 Å². The molecule has 4 heteroatoms. The Morgan fingerprint density at radius 2 is 1.81 bits per heavy atom. The summed E-state index contributed by atoms with van der Waals surface area (Å²) >= 11 is 0. The van der Waals surface area contributed by atoms with Crippen molar-refractivity contribution in [3.63, 3.8) is 0 Å². The lowest BCUT2D eigenvalue weighted by atomic mass is 10.1. The highest BCUT2D eigenvalue weighted by Gasteiger charge is 2.41. The predicted molar refractivity (Wildman–Crippen MR) is 89.2 cm³/mol. The molecule has 3 atom stereocenters. The standard InChI is InChI=1S/C17H35N3O/c1-7-15-17(21)20(16(18-15)13(4)5)14(6)11-10-12-19(8-2)9-3/h13-16,18H,7-12H2,1-6H3. The third-order valence-electron chi connectivity index (χ3n) is 4.73. The van der Waals surface area contributed by atoms with E-state index >= 15 is 0 Å². The summed E-state index contributed by atoms with van der Waals surface area (Å²) in [5, 5.41) is 3.51. The lowest BCUT2D eigenvalue weighted by Gasteiger charge is -2.33. The molecule has 1 aliphatic heterocycles. The van der Waals surface area contributed by atoms with Crippen molar-refractivity contribution in [3.8, 4) is 0 Å². The normalized spacial score (nSPS) is 24.4. The zero-order valence-corrected chi connectivity index (χ0v) is 14.9. The maximum absolute atomic E-state index is 12.6. The Balaban J connectivity index is 2.57. The average molecular weight is 297 g/mol. The molecule has 1 amide bonds. The van der Waals surface area contributed by atoms with Crippen molar-refractivity contribution in [1.29, 1.82) is 0 Å². The fraction of sp³-hybridized carbons (Fsp3) is 0.941. The van der Waals surface area contributed by atoms with Gasteiger partial charge in [0.2, 0.25) is 5.91 Å². The third kappa shape index (κ3) is 4.68. The van der Waals surface area contributed by atoms with E-state index in [9.17, 15) is 4.79 Å². The Hall–Kier alpha value is -0.610. The highest BCUT2D eigenvalue weighted by Crippen LogP contribution is 2.23. The largest absolute Gasteiger partial charge is 0.323 e. The number of nitrogens with zero attached hydrogens (tertiary/aromatic N) is 2. The molecule has 3 unspecified atom stereocenters. The van der Waals surface area contributed by atoms with Gasteiger partial charge in [0.05, 0.1) is 12.2 Å². The van der Waals surface area contributed by atoms with Gasteiger partial charge in [0, 0.05) is 6.04 Å². The van der Waals surface area contributed by atoms with Crippen molar-refractivity contribution in [1.82, 2.24) is 15.1 Å². The SMILES string of the molecule is CCC1NC(C(C)C)N(C(C)CCCN(CC)CC)C1=O. The second kappa shape index (κ2) is 8.74. The van der Waals surface area contributed by atoms with Crippen LogP contribution in [-0.4, -0.2) is 53.6 Å². The molecule has 1 heterocycles. The molecule has 1 saturated heterocycles. The highest BCUT2D eigenvalue weighted by molar-refractivity contribution is 5.84. The van der Waals surface area contributed by atoms with E-state index in [-0.39, 0.29) is 12.2 Å². The van der Waals surface area contributed by atoms with E-state index in [2.05, 4.69) is 56.7 Å². The van der Waals surface area contributed by atoms with Crippen LogP contribution in [-0.2, 0) is 4.79 Å². The van der Waals surface area contributed by atoms with Gasteiger partial charge >= 0.3 is 0 Å². The maximum atomic E-state index is 12.6. The van der Waals surface area contributed by atoms with Crippen LogP contribution in [0.15, 0.2) is 0 Å². The molecule has 0 aliphatic carbocycles. The first kappa shape index (κ1) is 18.4. The molecule has 1 N–H and O–H groups in total. The van der Waals surface area contributed by atoms with Crippen LogP contribution in [0.2, 0.25) is 0 Å². The molecule has 1 fully saturated rings. The molecule has 0 spiro atoms. The molecule has 0 aromatic heterocycles. The zero-order valence-electron chi connectivity index (χ0n) is 14.9. The zero-order chi connectivity index (χ0) is 16.0. The topological polar surface area (TPSA) is 35.6 Å². The van der Waals surface area contributed by atoms with Crippen LogP contribution in [0.3, 0.4) is 0 Å². The molecule has 0 aromatic carbocycles. The summed E-state index contributed by atoms with van der Waals surface area (Å²) in [7, 11) is 0. The summed E-state index contributed by atoms with van der Waals surface area (Å²) in [6.45, 7) is 16.5. The summed E-state index contributed by atoms with van der Waals surface area (Å²) in [4.78, 5) is 17.1. The van der Waals surface area contributed by atoms with Gasteiger partial charge in [-0.25, -0.2) is 0 Å². The van der Waals surface area contributed by atoms with Crippen molar-refractivity contribution >= 4 is 5.91 Å². The molecule has 21 heavy (non-hydrogen) atoms. The van der Waals surface area contributed by atoms with Crippen LogP contribution in [0, 0.1) is 5.92 Å². The van der Waals surface area contributed by atoms with Crippen LogP contribution in [0.1, 0.15) is 60.8 Å². The van der Waals surface area contributed by atoms with Crippen LogP contribution < -0.4 is 5.32 Å². The maximum Gasteiger partial charge on any atom is 0.241 e. The summed E-state index contributed by atoms with van der Waals surface area (Å²) in [5.74, 6) is 0.752. The molecule has 124 valence electrons. The van der Waals surface area contributed by atoms with E-state index in [0.717, 1.165) is 38.9 Å².